The van der Waals surface area contributed by atoms with E-state index in [-0.39, 0.29) is 5.91 Å². The Hall–Kier alpha value is -2.88. The molecule has 0 aliphatic carbocycles. The van der Waals surface area contributed by atoms with E-state index in [4.69, 9.17) is 4.74 Å². The number of fused-ring (bicyclic) bond motifs is 1. The first-order valence-corrected chi connectivity index (χ1v) is 8.39. The fraction of sp³-hybridized carbons (Fsp3) is 0.238. The van der Waals surface area contributed by atoms with E-state index >= 15 is 0 Å². The second-order valence-electron chi connectivity index (χ2n) is 6.09. The summed E-state index contributed by atoms with van der Waals surface area (Å²) >= 11 is 0. The Bertz CT molecular complexity index is 948. The van der Waals surface area contributed by atoms with E-state index < -0.39 is 0 Å². The predicted molar refractivity (Wildman–Crippen MR) is 102 cm³/mol. The normalized spacial score (nSPS) is 10.7. The summed E-state index contributed by atoms with van der Waals surface area (Å²) in [5, 5.41) is 3.87. The molecule has 128 valence electrons. The van der Waals surface area contributed by atoms with Crippen molar-refractivity contribution in [2.24, 2.45) is 0 Å². The van der Waals surface area contributed by atoms with Crippen LogP contribution >= 0.6 is 0 Å². The maximum Gasteiger partial charge on any atom is 0.256 e. The molecule has 25 heavy (non-hydrogen) atoms. The van der Waals surface area contributed by atoms with E-state index in [0.717, 1.165) is 34.1 Å². The maximum absolute atomic E-state index is 13.1. The molecule has 1 heterocycles. The summed E-state index contributed by atoms with van der Waals surface area (Å²) in [4.78, 5) is 17.8. The molecule has 0 bridgehead atoms. The molecule has 0 aliphatic heterocycles. The van der Waals surface area contributed by atoms with Crippen molar-refractivity contribution in [1.29, 1.82) is 0 Å². The van der Waals surface area contributed by atoms with Gasteiger partial charge in [-0.25, -0.2) is 0 Å². The molecule has 4 heteroatoms. The minimum atomic E-state index is -0.144. The number of carbonyl (C=O) groups excluding carboxylic acids is 1. The smallest absolute Gasteiger partial charge is 0.256 e. The number of para-hydroxylation sites is 1. The van der Waals surface area contributed by atoms with Crippen LogP contribution in [0.15, 0.2) is 42.5 Å². The third kappa shape index (κ3) is 3.20. The molecule has 0 fully saturated rings. The molecule has 0 saturated heterocycles. The van der Waals surface area contributed by atoms with Crippen molar-refractivity contribution in [3.63, 3.8) is 0 Å². The third-order valence-corrected chi connectivity index (χ3v) is 4.40. The van der Waals surface area contributed by atoms with E-state index in [1.54, 1.807) is 7.11 Å². The zero-order valence-corrected chi connectivity index (χ0v) is 15.0. The van der Waals surface area contributed by atoms with Gasteiger partial charge >= 0.3 is 0 Å². The number of anilines is 1. The Balaban J connectivity index is 2.11. The molecule has 0 unspecified atom stereocenters. The van der Waals surface area contributed by atoms with Crippen LogP contribution in [-0.4, -0.2) is 18.0 Å². The van der Waals surface area contributed by atoms with Crippen molar-refractivity contribution in [3.8, 4) is 5.75 Å². The first-order valence-electron chi connectivity index (χ1n) is 8.39. The molecule has 0 aliphatic rings. The van der Waals surface area contributed by atoms with E-state index in [1.165, 1.54) is 0 Å². The Morgan fingerprint density at radius 3 is 2.64 bits per heavy atom. The van der Waals surface area contributed by atoms with Crippen LogP contribution in [0.3, 0.4) is 0 Å². The number of aromatic nitrogens is 1. The highest BCUT2D eigenvalue weighted by Crippen LogP contribution is 2.28. The second-order valence-corrected chi connectivity index (χ2v) is 6.09. The van der Waals surface area contributed by atoms with Gasteiger partial charge in [-0.05, 0) is 49.6 Å². The molecular formula is C21H22N2O2. The molecule has 2 aromatic carbocycles. The first-order chi connectivity index (χ1) is 12.0. The summed E-state index contributed by atoms with van der Waals surface area (Å²) in [5.41, 5.74) is 5.11. The number of nitrogens with one attached hydrogen (secondary N) is 1. The molecule has 1 amide bonds. The van der Waals surface area contributed by atoms with Gasteiger partial charge in [-0.1, -0.05) is 31.2 Å². The minimum absolute atomic E-state index is 0.144. The largest absolute Gasteiger partial charge is 0.495 e. The summed E-state index contributed by atoms with van der Waals surface area (Å²) in [6.07, 6.45) is 0.782. The topological polar surface area (TPSA) is 51.2 Å². The number of rotatable bonds is 4. The maximum atomic E-state index is 13.1. The quantitative estimate of drug-likeness (QED) is 0.754. The van der Waals surface area contributed by atoms with Crippen molar-refractivity contribution in [1.82, 2.24) is 4.98 Å². The van der Waals surface area contributed by atoms with Crippen LogP contribution in [0.5, 0.6) is 5.75 Å². The van der Waals surface area contributed by atoms with Crippen molar-refractivity contribution >= 4 is 22.5 Å². The number of amides is 1. The fourth-order valence-electron chi connectivity index (χ4n) is 3.10. The monoisotopic (exact) mass is 334 g/mol. The zero-order chi connectivity index (χ0) is 18.0. The Morgan fingerprint density at radius 1 is 1.16 bits per heavy atom. The predicted octanol–water partition coefficient (Wildman–Crippen LogP) is 4.67. The van der Waals surface area contributed by atoms with E-state index in [9.17, 15) is 4.79 Å². The number of hydrogen-bond donors (Lipinski definition) is 1. The van der Waals surface area contributed by atoms with Gasteiger partial charge < -0.3 is 10.1 Å². The molecule has 3 aromatic rings. The van der Waals surface area contributed by atoms with E-state index in [2.05, 4.69) is 17.2 Å². The Morgan fingerprint density at radius 2 is 1.92 bits per heavy atom. The van der Waals surface area contributed by atoms with E-state index in [0.29, 0.717) is 17.0 Å². The van der Waals surface area contributed by atoms with Crippen molar-refractivity contribution in [2.45, 2.75) is 27.2 Å². The number of pyridine rings is 1. The van der Waals surface area contributed by atoms with Gasteiger partial charge in [0, 0.05) is 11.1 Å². The molecule has 0 atom stereocenters. The summed E-state index contributed by atoms with van der Waals surface area (Å²) < 4.78 is 5.37. The lowest BCUT2D eigenvalue weighted by molar-refractivity contribution is 0.102. The highest BCUT2D eigenvalue weighted by atomic mass is 16.5. The van der Waals surface area contributed by atoms with Gasteiger partial charge in [-0.2, -0.15) is 0 Å². The summed E-state index contributed by atoms with van der Waals surface area (Å²) in [6, 6.07) is 13.5. The van der Waals surface area contributed by atoms with Crippen LogP contribution < -0.4 is 10.1 Å². The lowest BCUT2D eigenvalue weighted by atomic mass is 9.99. The number of ether oxygens (including phenoxy) is 1. The van der Waals surface area contributed by atoms with E-state index in [1.807, 2.05) is 56.3 Å². The number of aryl methyl sites for hydroxylation is 2. The van der Waals surface area contributed by atoms with Crippen LogP contribution in [0, 0.1) is 13.8 Å². The lowest BCUT2D eigenvalue weighted by Gasteiger charge is -2.15. The SMILES string of the molecule is CCc1nc2ccccc2c(C(=O)Nc2cc(C)ccc2OC)c1C. The molecular weight excluding hydrogens is 312 g/mol. The lowest BCUT2D eigenvalue weighted by Crippen LogP contribution is -2.16. The van der Waals surface area contributed by atoms with Gasteiger partial charge in [0.05, 0.1) is 23.9 Å². The molecule has 1 aromatic heterocycles. The number of carbonyl (C=O) groups is 1. The van der Waals surface area contributed by atoms with Crippen molar-refractivity contribution in [3.05, 3.63) is 64.8 Å². The Kier molecular flexibility index (Phi) is 4.70. The molecule has 0 saturated carbocycles. The number of methoxy groups -OCH3 is 1. The Labute approximate surface area is 147 Å². The summed E-state index contributed by atoms with van der Waals surface area (Å²) in [7, 11) is 1.60. The summed E-state index contributed by atoms with van der Waals surface area (Å²) in [5.74, 6) is 0.500. The number of nitrogens with zero attached hydrogens (tertiary/aromatic N) is 1. The van der Waals surface area contributed by atoms with Gasteiger partial charge in [-0.3, -0.25) is 9.78 Å². The third-order valence-electron chi connectivity index (χ3n) is 4.40. The van der Waals surface area contributed by atoms with Crippen LogP contribution in [0.4, 0.5) is 5.69 Å². The molecule has 1 N–H and O–H groups in total. The minimum Gasteiger partial charge on any atom is -0.495 e. The van der Waals surface area contributed by atoms with Crippen LogP contribution in [0.2, 0.25) is 0 Å². The van der Waals surface area contributed by atoms with Gasteiger partial charge in [0.1, 0.15) is 5.75 Å². The average molecular weight is 334 g/mol. The first kappa shape index (κ1) is 17.0. The van der Waals surface area contributed by atoms with Crippen LogP contribution in [0.1, 0.15) is 34.1 Å². The van der Waals surface area contributed by atoms with Crippen LogP contribution in [0.25, 0.3) is 10.9 Å². The fourth-order valence-corrected chi connectivity index (χ4v) is 3.10. The molecule has 0 radical (unpaired) electrons. The number of hydrogen-bond acceptors (Lipinski definition) is 3. The average Bonchev–Trinajstić information content (AvgIpc) is 2.61. The standard InChI is InChI=1S/C21H22N2O2/c1-5-16-14(3)20(15-8-6-7-9-17(15)22-16)21(24)23-18-12-13(2)10-11-19(18)25-4/h6-12H,5H2,1-4H3,(H,23,24). The van der Waals surface area contributed by atoms with Gasteiger partial charge in [0.25, 0.3) is 5.91 Å². The highest BCUT2D eigenvalue weighted by molar-refractivity contribution is 6.14. The highest BCUT2D eigenvalue weighted by Gasteiger charge is 2.18. The van der Waals surface area contributed by atoms with Crippen molar-refractivity contribution in [2.75, 3.05) is 12.4 Å². The second kappa shape index (κ2) is 6.93. The van der Waals surface area contributed by atoms with Crippen LogP contribution in [-0.2, 0) is 6.42 Å². The molecule has 3 rings (SSSR count). The number of benzene rings is 2. The molecule has 0 spiro atoms. The van der Waals surface area contributed by atoms with Crippen molar-refractivity contribution < 1.29 is 9.53 Å². The zero-order valence-electron chi connectivity index (χ0n) is 15.0. The van der Waals surface area contributed by atoms with Gasteiger partial charge in [0.2, 0.25) is 0 Å². The summed E-state index contributed by atoms with van der Waals surface area (Å²) in [6.45, 7) is 5.99. The van der Waals surface area contributed by atoms with Gasteiger partial charge in [0.15, 0.2) is 0 Å². The van der Waals surface area contributed by atoms with Gasteiger partial charge in [-0.15, -0.1) is 0 Å². The molecule has 4 nitrogen and oxygen atoms in total.